The number of amides is 1. The molecule has 1 aliphatic heterocycles. The Kier molecular flexibility index (Phi) is 5.78. The number of nitrogens with one attached hydrogen (secondary N) is 1. The Balaban J connectivity index is 2.09. The van der Waals surface area contributed by atoms with Crippen LogP contribution in [0.1, 0.15) is 32.6 Å². The number of nitrogens with zero attached hydrogens (tertiary/aromatic N) is 2. The number of carbonyl (C=O) groups is 1. The minimum Gasteiger partial charge on any atom is -0.490 e. The van der Waals surface area contributed by atoms with E-state index in [0.717, 1.165) is 31.5 Å². The molecule has 1 fully saturated rings. The van der Waals surface area contributed by atoms with E-state index in [1.165, 1.54) is 13.2 Å². The van der Waals surface area contributed by atoms with Crippen molar-refractivity contribution in [2.45, 2.75) is 38.6 Å². The highest BCUT2D eigenvalue weighted by atomic mass is 16.6. The second-order valence-electron chi connectivity index (χ2n) is 5.72. The molecule has 7 heteroatoms. The van der Waals surface area contributed by atoms with Gasteiger partial charge in [-0.1, -0.05) is 6.92 Å². The number of carbonyl (C=O) groups excluding carboxylic acids is 1. The van der Waals surface area contributed by atoms with Gasteiger partial charge in [-0.2, -0.15) is 0 Å². The lowest BCUT2D eigenvalue weighted by atomic mass is 10.0. The summed E-state index contributed by atoms with van der Waals surface area (Å²) in [6, 6.07) is 5.00. The molecule has 1 aromatic rings. The van der Waals surface area contributed by atoms with Crippen LogP contribution >= 0.6 is 0 Å². The summed E-state index contributed by atoms with van der Waals surface area (Å²) in [5.41, 5.74) is 0.836. The Hall–Kier alpha value is -2.31. The van der Waals surface area contributed by atoms with Crippen molar-refractivity contribution in [3.05, 3.63) is 28.3 Å². The highest BCUT2D eigenvalue weighted by Gasteiger charge is 2.23. The van der Waals surface area contributed by atoms with Crippen LogP contribution in [-0.2, 0) is 4.79 Å². The molecule has 0 aliphatic carbocycles. The minimum absolute atomic E-state index is 0.0407. The molecule has 7 nitrogen and oxygen atoms in total. The van der Waals surface area contributed by atoms with Gasteiger partial charge >= 0.3 is 5.69 Å². The van der Waals surface area contributed by atoms with E-state index in [0.29, 0.717) is 13.0 Å². The quantitative estimate of drug-likeness (QED) is 0.643. The average molecular weight is 321 g/mol. The van der Waals surface area contributed by atoms with Crippen molar-refractivity contribution in [3.8, 4) is 5.75 Å². The van der Waals surface area contributed by atoms with Gasteiger partial charge in [0.15, 0.2) is 5.75 Å². The fourth-order valence-electron chi connectivity index (χ4n) is 2.87. The third-order valence-corrected chi connectivity index (χ3v) is 3.99. The van der Waals surface area contributed by atoms with Crippen LogP contribution in [0.3, 0.4) is 0 Å². The van der Waals surface area contributed by atoms with Gasteiger partial charge in [-0.3, -0.25) is 14.9 Å². The van der Waals surface area contributed by atoms with Gasteiger partial charge in [-0.15, -0.1) is 0 Å². The van der Waals surface area contributed by atoms with Crippen LogP contribution in [0.2, 0.25) is 0 Å². The highest BCUT2D eigenvalue weighted by molar-refractivity contribution is 5.76. The van der Waals surface area contributed by atoms with E-state index in [2.05, 4.69) is 10.2 Å². The first-order valence-corrected chi connectivity index (χ1v) is 7.92. The fraction of sp³-hybridized carbons (Fsp3) is 0.562. The van der Waals surface area contributed by atoms with Crippen molar-refractivity contribution in [3.63, 3.8) is 0 Å². The van der Waals surface area contributed by atoms with E-state index >= 15 is 0 Å². The van der Waals surface area contributed by atoms with Crippen molar-refractivity contribution < 1.29 is 14.5 Å². The summed E-state index contributed by atoms with van der Waals surface area (Å²) < 4.78 is 5.12. The minimum atomic E-state index is -0.452. The second-order valence-corrected chi connectivity index (χ2v) is 5.72. The first kappa shape index (κ1) is 17.1. The summed E-state index contributed by atoms with van der Waals surface area (Å²) in [7, 11) is 1.43. The number of nitro groups is 1. The van der Waals surface area contributed by atoms with Crippen molar-refractivity contribution >= 4 is 17.3 Å². The lowest BCUT2D eigenvalue weighted by molar-refractivity contribution is -0.385. The molecule has 1 N–H and O–H groups in total. The number of nitro benzene ring substituents is 1. The molecule has 1 atom stereocenters. The Labute approximate surface area is 135 Å². The fourth-order valence-corrected chi connectivity index (χ4v) is 2.87. The van der Waals surface area contributed by atoms with Crippen LogP contribution in [0.4, 0.5) is 11.4 Å². The van der Waals surface area contributed by atoms with Gasteiger partial charge in [0.2, 0.25) is 5.91 Å². The van der Waals surface area contributed by atoms with Gasteiger partial charge in [0.05, 0.1) is 12.0 Å². The normalized spacial score (nSPS) is 17.7. The summed E-state index contributed by atoms with van der Waals surface area (Å²) in [5, 5.41) is 14.0. The van der Waals surface area contributed by atoms with Crippen LogP contribution in [-0.4, -0.2) is 37.1 Å². The standard InChI is InChI=1S/C16H23N3O4/c1-3-5-16(20)17-12-6-4-9-18(11-12)13-7-8-14(19(21)22)15(10-13)23-2/h7-8,10,12H,3-6,9,11H2,1-2H3,(H,17,20)/t12-/m1/s1. The average Bonchev–Trinajstić information content (AvgIpc) is 2.54. The molecule has 0 radical (unpaired) electrons. The van der Waals surface area contributed by atoms with Gasteiger partial charge in [-0.25, -0.2) is 0 Å². The molecule has 2 rings (SSSR count). The van der Waals surface area contributed by atoms with Crippen molar-refractivity contribution in [2.75, 3.05) is 25.1 Å². The Bertz CT molecular complexity index is 576. The number of benzene rings is 1. The maximum absolute atomic E-state index is 11.7. The SMILES string of the molecule is CCCC(=O)N[C@@H]1CCCN(c2ccc([N+](=O)[O-])c(OC)c2)C1. The zero-order valence-electron chi connectivity index (χ0n) is 13.6. The molecule has 126 valence electrons. The van der Waals surface area contributed by atoms with Gasteiger partial charge < -0.3 is 15.0 Å². The summed E-state index contributed by atoms with van der Waals surface area (Å²) in [6.07, 6.45) is 3.30. The number of ether oxygens (including phenoxy) is 1. The van der Waals surface area contributed by atoms with Crippen molar-refractivity contribution in [1.29, 1.82) is 0 Å². The first-order chi connectivity index (χ1) is 11.0. The molecular weight excluding hydrogens is 298 g/mol. The molecular formula is C16H23N3O4. The molecule has 23 heavy (non-hydrogen) atoms. The van der Waals surface area contributed by atoms with E-state index < -0.39 is 4.92 Å². The molecule has 1 heterocycles. The van der Waals surface area contributed by atoms with Crippen LogP contribution in [0.5, 0.6) is 5.75 Å². The third-order valence-electron chi connectivity index (χ3n) is 3.99. The lowest BCUT2D eigenvalue weighted by Gasteiger charge is -2.34. The molecule has 1 amide bonds. The van der Waals surface area contributed by atoms with E-state index in [9.17, 15) is 14.9 Å². The van der Waals surface area contributed by atoms with Gasteiger partial charge in [0.1, 0.15) is 0 Å². The van der Waals surface area contributed by atoms with Crippen LogP contribution in [0.25, 0.3) is 0 Å². The van der Waals surface area contributed by atoms with Crippen LogP contribution in [0, 0.1) is 10.1 Å². The lowest BCUT2D eigenvalue weighted by Crippen LogP contribution is -2.47. The Morgan fingerprint density at radius 1 is 1.52 bits per heavy atom. The van der Waals surface area contributed by atoms with E-state index in [4.69, 9.17) is 4.74 Å². The summed E-state index contributed by atoms with van der Waals surface area (Å²) >= 11 is 0. The molecule has 0 spiro atoms. The maximum Gasteiger partial charge on any atom is 0.311 e. The largest absolute Gasteiger partial charge is 0.490 e. The van der Waals surface area contributed by atoms with Crippen molar-refractivity contribution in [2.24, 2.45) is 0 Å². The molecule has 1 saturated heterocycles. The number of hydrogen-bond donors (Lipinski definition) is 1. The molecule has 1 aliphatic rings. The predicted molar refractivity (Wildman–Crippen MR) is 87.9 cm³/mol. The third kappa shape index (κ3) is 4.34. The Morgan fingerprint density at radius 3 is 2.96 bits per heavy atom. The maximum atomic E-state index is 11.7. The number of rotatable bonds is 6. The summed E-state index contributed by atoms with van der Waals surface area (Å²) in [5.74, 6) is 0.338. The van der Waals surface area contributed by atoms with Gasteiger partial charge in [0, 0.05) is 43.4 Å². The number of methoxy groups -OCH3 is 1. The molecule has 0 bridgehead atoms. The zero-order chi connectivity index (χ0) is 16.8. The zero-order valence-corrected chi connectivity index (χ0v) is 13.6. The Morgan fingerprint density at radius 2 is 2.30 bits per heavy atom. The summed E-state index contributed by atoms with van der Waals surface area (Å²) in [4.78, 5) is 24.4. The van der Waals surface area contributed by atoms with Crippen molar-refractivity contribution in [1.82, 2.24) is 5.32 Å². The molecule has 0 unspecified atom stereocenters. The highest BCUT2D eigenvalue weighted by Crippen LogP contribution is 2.32. The molecule has 1 aromatic carbocycles. The molecule has 0 aromatic heterocycles. The topological polar surface area (TPSA) is 84.7 Å². The van der Waals surface area contributed by atoms with Crippen LogP contribution in [0.15, 0.2) is 18.2 Å². The molecule has 0 saturated carbocycles. The first-order valence-electron chi connectivity index (χ1n) is 7.92. The monoisotopic (exact) mass is 321 g/mol. The van der Waals surface area contributed by atoms with Crippen LogP contribution < -0.4 is 15.0 Å². The van der Waals surface area contributed by atoms with Gasteiger partial charge in [-0.05, 0) is 25.3 Å². The van der Waals surface area contributed by atoms with E-state index in [1.54, 1.807) is 12.1 Å². The second kappa shape index (κ2) is 7.80. The summed E-state index contributed by atoms with van der Waals surface area (Å²) in [6.45, 7) is 3.55. The van der Waals surface area contributed by atoms with Gasteiger partial charge in [0.25, 0.3) is 0 Å². The van der Waals surface area contributed by atoms with E-state index in [1.807, 2.05) is 6.92 Å². The number of anilines is 1. The predicted octanol–water partition coefficient (Wildman–Crippen LogP) is 2.49. The number of piperidine rings is 1. The van der Waals surface area contributed by atoms with E-state index in [-0.39, 0.29) is 23.4 Å². The number of hydrogen-bond acceptors (Lipinski definition) is 5. The smallest absolute Gasteiger partial charge is 0.311 e.